The van der Waals surface area contributed by atoms with Crippen molar-refractivity contribution in [2.24, 2.45) is 0 Å². The van der Waals surface area contributed by atoms with Crippen LogP contribution in [0.3, 0.4) is 0 Å². The van der Waals surface area contributed by atoms with Crippen LogP contribution in [0, 0.1) is 12.7 Å². The average Bonchev–Trinajstić information content (AvgIpc) is 3.22. The smallest absolute Gasteiger partial charge is 0.432 e. The number of rotatable bonds is 4. The van der Waals surface area contributed by atoms with Crippen molar-refractivity contribution in [2.75, 3.05) is 7.05 Å². The lowest BCUT2D eigenvalue weighted by atomic mass is 9.80. The maximum absolute atomic E-state index is 16.0. The predicted octanol–water partition coefficient (Wildman–Crippen LogP) is 7.45. The summed E-state index contributed by atoms with van der Waals surface area (Å²) in [4.78, 5) is 34.7. The van der Waals surface area contributed by atoms with Crippen LogP contribution in [0.15, 0.2) is 36.7 Å². The molecule has 3 aromatic heterocycles. The standard InChI is InChI=1S/C30H33ClFN5O4/c1-16-11-17(15-36(8)28(40)41-30(5,6)7)12-19(32)22(16)26-24(29(2,3)4)23-20(14-34-26)37(27(38)39)35-25(23)18-9-10-21(31)33-13-18/h9-14H,15H2,1-8H3,(H,38,39). The number of ether oxygens (including phenoxy) is 1. The summed E-state index contributed by atoms with van der Waals surface area (Å²) < 4.78 is 22.3. The zero-order chi connectivity index (χ0) is 30.4. The number of carbonyl (C=O) groups excluding carboxylic acids is 1. The van der Waals surface area contributed by atoms with Gasteiger partial charge in [0.15, 0.2) is 0 Å². The number of hydrogen-bond donors (Lipinski definition) is 1. The van der Waals surface area contributed by atoms with E-state index in [9.17, 15) is 14.7 Å². The van der Waals surface area contributed by atoms with Gasteiger partial charge in [-0.15, -0.1) is 0 Å². The molecule has 0 spiro atoms. The highest BCUT2D eigenvalue weighted by Gasteiger charge is 2.31. The van der Waals surface area contributed by atoms with Crippen LogP contribution in [0.5, 0.6) is 0 Å². The largest absolute Gasteiger partial charge is 0.463 e. The number of carbonyl (C=O) groups is 2. The van der Waals surface area contributed by atoms with Gasteiger partial charge in [0.25, 0.3) is 0 Å². The third kappa shape index (κ3) is 6.17. The summed E-state index contributed by atoms with van der Waals surface area (Å²) in [5, 5.41) is 15.1. The van der Waals surface area contributed by atoms with E-state index >= 15 is 4.39 Å². The lowest BCUT2D eigenvalue weighted by molar-refractivity contribution is 0.0285. The van der Waals surface area contributed by atoms with Gasteiger partial charge in [0.2, 0.25) is 0 Å². The van der Waals surface area contributed by atoms with Gasteiger partial charge < -0.3 is 14.7 Å². The molecule has 0 radical (unpaired) electrons. The van der Waals surface area contributed by atoms with E-state index in [2.05, 4.69) is 15.1 Å². The summed E-state index contributed by atoms with van der Waals surface area (Å²) in [6.45, 7) is 13.1. The third-order valence-corrected chi connectivity index (χ3v) is 6.59. The molecule has 3 heterocycles. The van der Waals surface area contributed by atoms with E-state index < -0.39 is 29.0 Å². The highest BCUT2D eigenvalue weighted by Crippen LogP contribution is 2.43. The van der Waals surface area contributed by atoms with Crippen LogP contribution in [0.25, 0.3) is 33.4 Å². The number of halogens is 2. The van der Waals surface area contributed by atoms with Crippen LogP contribution in [-0.4, -0.2) is 54.6 Å². The van der Waals surface area contributed by atoms with Crippen LogP contribution < -0.4 is 0 Å². The number of nitrogens with zero attached hydrogens (tertiary/aromatic N) is 5. The van der Waals surface area contributed by atoms with Crippen molar-refractivity contribution in [3.8, 4) is 22.5 Å². The molecule has 0 aliphatic heterocycles. The maximum atomic E-state index is 16.0. The summed E-state index contributed by atoms with van der Waals surface area (Å²) in [6, 6.07) is 6.49. The molecule has 1 N–H and O–H groups in total. The molecule has 0 aliphatic rings. The van der Waals surface area contributed by atoms with E-state index in [0.29, 0.717) is 39.0 Å². The molecule has 0 atom stereocenters. The first-order chi connectivity index (χ1) is 19.0. The Morgan fingerprint density at radius 2 is 1.76 bits per heavy atom. The predicted molar refractivity (Wildman–Crippen MR) is 156 cm³/mol. The molecule has 9 nitrogen and oxygen atoms in total. The highest BCUT2D eigenvalue weighted by atomic mass is 35.5. The summed E-state index contributed by atoms with van der Waals surface area (Å²) in [7, 11) is 1.59. The minimum atomic E-state index is -1.28. The second-order valence-electron chi connectivity index (χ2n) is 12.0. The number of carboxylic acid groups (broad SMARTS) is 1. The molecule has 0 saturated carbocycles. The minimum absolute atomic E-state index is 0.143. The molecule has 0 fully saturated rings. The Kier molecular flexibility index (Phi) is 7.84. The van der Waals surface area contributed by atoms with Crippen LogP contribution in [0.2, 0.25) is 5.15 Å². The number of fused-ring (bicyclic) bond motifs is 1. The molecule has 1 amide bonds. The van der Waals surface area contributed by atoms with Gasteiger partial charge in [0.1, 0.15) is 27.8 Å². The van der Waals surface area contributed by atoms with Gasteiger partial charge in [-0.1, -0.05) is 38.4 Å². The van der Waals surface area contributed by atoms with Crippen LogP contribution >= 0.6 is 11.6 Å². The lowest BCUT2D eigenvalue weighted by Crippen LogP contribution is -2.33. The van der Waals surface area contributed by atoms with Gasteiger partial charge in [-0.05, 0) is 68.0 Å². The first kappa shape index (κ1) is 29.9. The topological polar surface area (TPSA) is 110 Å². The van der Waals surface area contributed by atoms with Crippen LogP contribution in [0.1, 0.15) is 58.2 Å². The zero-order valence-electron chi connectivity index (χ0n) is 24.3. The van der Waals surface area contributed by atoms with E-state index in [4.69, 9.17) is 16.3 Å². The SMILES string of the molecule is Cc1cc(CN(C)C(=O)OC(C)(C)C)cc(F)c1-c1ncc2c(c(-c3ccc(Cl)nc3)nn2C(=O)O)c1C(C)(C)C. The number of aryl methyl sites for hydroxylation is 1. The molecule has 4 aromatic rings. The van der Waals surface area contributed by atoms with Crippen molar-refractivity contribution in [2.45, 2.75) is 66.0 Å². The molecule has 0 bridgehead atoms. The van der Waals surface area contributed by atoms with Crippen molar-refractivity contribution in [1.82, 2.24) is 24.6 Å². The molecule has 216 valence electrons. The van der Waals surface area contributed by atoms with Crippen molar-refractivity contribution in [3.63, 3.8) is 0 Å². The molecule has 0 unspecified atom stereocenters. The molecular weight excluding hydrogens is 549 g/mol. The van der Waals surface area contributed by atoms with Gasteiger partial charge in [-0.25, -0.2) is 19.0 Å². The Hall–Kier alpha value is -4.05. The average molecular weight is 582 g/mol. The summed E-state index contributed by atoms with van der Waals surface area (Å²) in [5.74, 6) is -0.518. The quantitative estimate of drug-likeness (QED) is 0.249. The van der Waals surface area contributed by atoms with Crippen molar-refractivity contribution in [3.05, 3.63) is 64.3 Å². The Morgan fingerprint density at radius 1 is 1.07 bits per heavy atom. The minimum Gasteiger partial charge on any atom is -0.463 e. The van der Waals surface area contributed by atoms with E-state index in [1.165, 1.54) is 23.4 Å². The number of amides is 1. The van der Waals surface area contributed by atoms with Gasteiger partial charge in [-0.2, -0.15) is 9.78 Å². The second kappa shape index (κ2) is 10.7. The van der Waals surface area contributed by atoms with E-state index in [1.807, 2.05) is 26.8 Å². The van der Waals surface area contributed by atoms with Gasteiger partial charge in [0, 0.05) is 36.3 Å². The molecule has 0 aliphatic carbocycles. The third-order valence-electron chi connectivity index (χ3n) is 6.36. The number of aromatic nitrogens is 4. The van der Waals surface area contributed by atoms with Gasteiger partial charge in [-0.3, -0.25) is 4.98 Å². The van der Waals surface area contributed by atoms with Crippen molar-refractivity contribution in [1.29, 1.82) is 0 Å². The van der Waals surface area contributed by atoms with E-state index in [0.717, 1.165) is 4.68 Å². The molecule has 1 aromatic carbocycles. The molecule has 0 saturated heterocycles. The first-order valence-corrected chi connectivity index (χ1v) is 13.4. The Balaban J connectivity index is 1.92. The number of pyridine rings is 2. The van der Waals surface area contributed by atoms with Crippen molar-refractivity contribution >= 4 is 34.7 Å². The summed E-state index contributed by atoms with van der Waals surface area (Å²) in [6.07, 6.45) is 1.13. The molecule has 11 heteroatoms. The summed E-state index contributed by atoms with van der Waals surface area (Å²) >= 11 is 6.00. The second-order valence-corrected chi connectivity index (χ2v) is 12.4. The van der Waals surface area contributed by atoms with E-state index in [-0.39, 0.29) is 22.8 Å². The summed E-state index contributed by atoms with van der Waals surface area (Å²) in [5.41, 5.74) is 2.42. The number of hydrogen-bond acceptors (Lipinski definition) is 6. The lowest BCUT2D eigenvalue weighted by Gasteiger charge is -2.26. The Labute approximate surface area is 242 Å². The highest BCUT2D eigenvalue weighted by molar-refractivity contribution is 6.29. The van der Waals surface area contributed by atoms with Crippen LogP contribution in [0.4, 0.5) is 14.0 Å². The Bertz CT molecular complexity index is 1630. The van der Waals surface area contributed by atoms with Gasteiger partial charge in [0.05, 0.1) is 11.9 Å². The monoisotopic (exact) mass is 581 g/mol. The van der Waals surface area contributed by atoms with Gasteiger partial charge >= 0.3 is 12.2 Å². The molecule has 4 rings (SSSR count). The van der Waals surface area contributed by atoms with E-state index in [1.54, 1.807) is 46.9 Å². The fraction of sp³-hybridized carbons (Fsp3) is 0.367. The molecule has 41 heavy (non-hydrogen) atoms. The first-order valence-electron chi connectivity index (χ1n) is 13.0. The maximum Gasteiger partial charge on any atom is 0.432 e. The van der Waals surface area contributed by atoms with Crippen molar-refractivity contribution < 1.29 is 23.8 Å². The zero-order valence-corrected chi connectivity index (χ0v) is 25.1. The fourth-order valence-corrected chi connectivity index (χ4v) is 4.89. The Morgan fingerprint density at radius 3 is 2.29 bits per heavy atom. The number of benzene rings is 1. The van der Waals surface area contributed by atoms with Crippen LogP contribution in [-0.2, 0) is 16.7 Å². The fourth-order valence-electron chi connectivity index (χ4n) is 4.77. The molecular formula is C30H33ClFN5O4. The normalized spacial score (nSPS) is 12.0.